The van der Waals surface area contributed by atoms with Gasteiger partial charge in [0.25, 0.3) is 5.91 Å². The van der Waals surface area contributed by atoms with Crippen molar-refractivity contribution >= 4 is 11.9 Å². The average molecular weight is 363 g/mol. The van der Waals surface area contributed by atoms with Crippen molar-refractivity contribution in [1.82, 2.24) is 10.2 Å². The van der Waals surface area contributed by atoms with Crippen LogP contribution in [0.3, 0.4) is 0 Å². The number of nitrogens with one attached hydrogen (secondary N) is 1. The number of nitrogens with zero attached hydrogens (tertiary/aromatic N) is 1. The number of ether oxygens (including phenoxy) is 1. The Hall–Kier alpha value is -1.36. The van der Waals surface area contributed by atoms with Crippen LogP contribution in [-0.4, -0.2) is 48.6 Å². The highest BCUT2D eigenvalue weighted by molar-refractivity contribution is 6.07. The molecule has 2 fully saturated rings. The summed E-state index contributed by atoms with van der Waals surface area (Å²) in [5, 5.41) is 3.05. The van der Waals surface area contributed by atoms with Gasteiger partial charge < -0.3 is 15.0 Å². The molecule has 3 aliphatic rings. The van der Waals surface area contributed by atoms with Crippen molar-refractivity contribution in [2.24, 2.45) is 11.8 Å². The van der Waals surface area contributed by atoms with Gasteiger partial charge in [-0.3, -0.25) is 4.79 Å². The van der Waals surface area contributed by atoms with Crippen LogP contribution in [0.25, 0.3) is 0 Å². The molecule has 5 nitrogen and oxygen atoms in total. The molecule has 1 spiro atoms. The standard InChI is InChI=1S/C21H34N2O3/c1-15-12-16(2)14-23(13-15)11-7-10-22-19(24)18-17(3)20(25)26-21(18)8-5-4-6-9-21/h15-16H,4-14H2,1-3H3,(H,22,24)/t15-,16+. The van der Waals surface area contributed by atoms with Gasteiger partial charge in [-0.25, -0.2) is 4.79 Å². The van der Waals surface area contributed by atoms with E-state index in [1.807, 2.05) is 0 Å². The van der Waals surface area contributed by atoms with Crippen LogP contribution in [0, 0.1) is 11.8 Å². The quantitative estimate of drug-likeness (QED) is 0.603. The molecule has 2 atom stereocenters. The Bertz CT molecular complexity index is 568. The van der Waals surface area contributed by atoms with Crippen molar-refractivity contribution in [2.75, 3.05) is 26.2 Å². The minimum Gasteiger partial charge on any atom is -0.451 e. The summed E-state index contributed by atoms with van der Waals surface area (Å²) in [4.78, 5) is 27.4. The van der Waals surface area contributed by atoms with Crippen molar-refractivity contribution in [3.63, 3.8) is 0 Å². The van der Waals surface area contributed by atoms with Crippen LogP contribution >= 0.6 is 0 Å². The van der Waals surface area contributed by atoms with E-state index in [9.17, 15) is 9.59 Å². The first kappa shape index (κ1) is 19.4. The van der Waals surface area contributed by atoms with E-state index in [2.05, 4.69) is 24.1 Å². The van der Waals surface area contributed by atoms with Crippen molar-refractivity contribution < 1.29 is 14.3 Å². The molecule has 0 radical (unpaired) electrons. The summed E-state index contributed by atoms with van der Waals surface area (Å²) in [5.41, 5.74) is 0.451. The van der Waals surface area contributed by atoms with Gasteiger partial charge >= 0.3 is 5.97 Å². The average Bonchev–Trinajstić information content (AvgIpc) is 2.81. The summed E-state index contributed by atoms with van der Waals surface area (Å²) in [6.07, 6.45) is 7.01. The second kappa shape index (κ2) is 8.12. The first-order valence-corrected chi connectivity index (χ1v) is 10.4. The highest BCUT2D eigenvalue weighted by Gasteiger charge is 2.49. The Kier molecular flexibility index (Phi) is 6.06. The van der Waals surface area contributed by atoms with E-state index in [4.69, 9.17) is 4.74 Å². The van der Waals surface area contributed by atoms with Crippen molar-refractivity contribution in [3.8, 4) is 0 Å². The summed E-state index contributed by atoms with van der Waals surface area (Å²) in [6.45, 7) is 10.4. The zero-order valence-electron chi connectivity index (χ0n) is 16.6. The van der Waals surface area contributed by atoms with Gasteiger partial charge in [-0.15, -0.1) is 0 Å². The zero-order valence-corrected chi connectivity index (χ0v) is 16.6. The molecule has 0 aromatic heterocycles. The smallest absolute Gasteiger partial charge is 0.335 e. The van der Waals surface area contributed by atoms with Gasteiger partial charge in [0.15, 0.2) is 0 Å². The van der Waals surface area contributed by atoms with E-state index < -0.39 is 5.60 Å². The lowest BCUT2D eigenvalue weighted by atomic mass is 9.78. The van der Waals surface area contributed by atoms with Crippen LogP contribution in [0.4, 0.5) is 0 Å². The molecule has 1 saturated heterocycles. The molecule has 1 amide bonds. The maximum atomic E-state index is 12.8. The number of hydrogen-bond donors (Lipinski definition) is 1. The summed E-state index contributed by atoms with van der Waals surface area (Å²) in [7, 11) is 0. The summed E-state index contributed by atoms with van der Waals surface area (Å²) in [6, 6.07) is 0. The molecule has 1 saturated carbocycles. The third-order valence-electron chi connectivity index (χ3n) is 6.19. The largest absolute Gasteiger partial charge is 0.451 e. The number of likely N-dealkylation sites (tertiary alicyclic amines) is 1. The Morgan fingerprint density at radius 1 is 1.19 bits per heavy atom. The predicted octanol–water partition coefficient (Wildman–Crippen LogP) is 3.05. The molecule has 3 rings (SSSR count). The lowest BCUT2D eigenvalue weighted by molar-refractivity contribution is -0.149. The van der Waals surface area contributed by atoms with Crippen LogP contribution < -0.4 is 5.32 Å². The molecule has 0 aromatic rings. The number of rotatable bonds is 5. The topological polar surface area (TPSA) is 58.6 Å². The van der Waals surface area contributed by atoms with E-state index in [0.29, 0.717) is 17.7 Å². The van der Waals surface area contributed by atoms with E-state index in [1.54, 1.807) is 6.92 Å². The van der Waals surface area contributed by atoms with E-state index in [-0.39, 0.29) is 11.9 Å². The maximum absolute atomic E-state index is 12.8. The first-order chi connectivity index (χ1) is 12.4. The number of carbonyl (C=O) groups is 2. The second-order valence-electron chi connectivity index (χ2n) is 8.76. The molecule has 5 heteroatoms. The van der Waals surface area contributed by atoms with Gasteiger partial charge in [-0.1, -0.05) is 20.3 Å². The Morgan fingerprint density at radius 3 is 2.50 bits per heavy atom. The Labute approximate surface area is 157 Å². The number of piperidine rings is 1. The van der Waals surface area contributed by atoms with Crippen molar-refractivity contribution in [1.29, 1.82) is 0 Å². The molecular weight excluding hydrogens is 328 g/mol. The third kappa shape index (κ3) is 4.13. The normalized spacial score (nSPS) is 29.1. The molecule has 1 N–H and O–H groups in total. The molecule has 146 valence electrons. The fourth-order valence-corrected chi connectivity index (χ4v) is 5.17. The first-order valence-electron chi connectivity index (χ1n) is 10.4. The number of hydrogen-bond acceptors (Lipinski definition) is 4. The zero-order chi connectivity index (χ0) is 18.7. The van der Waals surface area contributed by atoms with Crippen LogP contribution in [0.1, 0.15) is 65.7 Å². The van der Waals surface area contributed by atoms with Gasteiger partial charge in [-0.2, -0.15) is 0 Å². The van der Waals surface area contributed by atoms with Gasteiger partial charge in [0.05, 0.1) is 5.57 Å². The monoisotopic (exact) mass is 362 g/mol. The van der Waals surface area contributed by atoms with Crippen LogP contribution in [0.2, 0.25) is 0 Å². The lowest BCUT2D eigenvalue weighted by Crippen LogP contribution is -2.42. The van der Waals surface area contributed by atoms with Crippen molar-refractivity contribution in [3.05, 3.63) is 11.1 Å². The predicted molar refractivity (Wildman–Crippen MR) is 102 cm³/mol. The van der Waals surface area contributed by atoms with Gasteiger partial charge in [0, 0.05) is 25.2 Å². The summed E-state index contributed by atoms with van der Waals surface area (Å²) >= 11 is 0. The molecule has 0 unspecified atom stereocenters. The number of carbonyl (C=O) groups excluding carboxylic acids is 2. The Balaban J connectivity index is 1.51. The van der Waals surface area contributed by atoms with Crippen LogP contribution in [-0.2, 0) is 14.3 Å². The van der Waals surface area contributed by atoms with Gasteiger partial charge in [-0.05, 0) is 63.8 Å². The number of amides is 1. The minimum absolute atomic E-state index is 0.101. The van der Waals surface area contributed by atoms with E-state index in [1.165, 1.54) is 6.42 Å². The van der Waals surface area contributed by atoms with Crippen molar-refractivity contribution in [2.45, 2.75) is 71.3 Å². The molecule has 1 aliphatic carbocycles. The molecule has 2 heterocycles. The highest BCUT2D eigenvalue weighted by Crippen LogP contribution is 2.43. The molecule has 0 bridgehead atoms. The molecule has 26 heavy (non-hydrogen) atoms. The van der Waals surface area contributed by atoms with Gasteiger partial charge in [0.1, 0.15) is 5.60 Å². The summed E-state index contributed by atoms with van der Waals surface area (Å²) < 4.78 is 5.68. The molecular formula is C21H34N2O3. The third-order valence-corrected chi connectivity index (χ3v) is 6.19. The SMILES string of the molecule is CC1=C(C(=O)NCCCN2C[C@H](C)C[C@H](C)C2)C2(CCCCC2)OC1=O. The van der Waals surface area contributed by atoms with E-state index >= 15 is 0 Å². The molecule has 0 aromatic carbocycles. The Morgan fingerprint density at radius 2 is 1.85 bits per heavy atom. The molecule has 2 aliphatic heterocycles. The fourth-order valence-electron chi connectivity index (χ4n) is 5.17. The lowest BCUT2D eigenvalue weighted by Gasteiger charge is -2.35. The highest BCUT2D eigenvalue weighted by atomic mass is 16.6. The maximum Gasteiger partial charge on any atom is 0.335 e. The fraction of sp³-hybridized carbons (Fsp3) is 0.810. The number of esters is 1. The van der Waals surface area contributed by atoms with E-state index in [0.717, 1.165) is 70.0 Å². The van der Waals surface area contributed by atoms with Crippen LogP contribution in [0.5, 0.6) is 0 Å². The second-order valence-corrected chi connectivity index (χ2v) is 8.76. The summed E-state index contributed by atoms with van der Waals surface area (Å²) in [5.74, 6) is 1.10. The van der Waals surface area contributed by atoms with Crippen LogP contribution in [0.15, 0.2) is 11.1 Å². The van der Waals surface area contributed by atoms with Gasteiger partial charge in [0.2, 0.25) is 0 Å². The minimum atomic E-state index is -0.652.